The molecule has 1 amide bonds. The second-order valence-electron chi connectivity index (χ2n) is 5.24. The van der Waals surface area contributed by atoms with Crippen LogP contribution in [0.3, 0.4) is 0 Å². The van der Waals surface area contributed by atoms with Gasteiger partial charge in [-0.05, 0) is 23.1 Å². The van der Waals surface area contributed by atoms with Gasteiger partial charge in [-0.1, -0.05) is 32.9 Å². The summed E-state index contributed by atoms with van der Waals surface area (Å²) in [6.45, 7) is 9.52. The summed E-state index contributed by atoms with van der Waals surface area (Å²) in [7, 11) is 0. The fraction of sp³-hybridized carbons (Fsp3) is 0.500. The van der Waals surface area contributed by atoms with Gasteiger partial charge in [-0.15, -0.1) is 0 Å². The molecule has 3 nitrogen and oxygen atoms in total. The van der Waals surface area contributed by atoms with Crippen molar-refractivity contribution in [2.75, 3.05) is 18.4 Å². The first-order valence-electron chi connectivity index (χ1n) is 5.98. The van der Waals surface area contributed by atoms with Gasteiger partial charge in [-0.2, -0.15) is 0 Å². The van der Waals surface area contributed by atoms with E-state index in [2.05, 4.69) is 55.7 Å². The summed E-state index contributed by atoms with van der Waals surface area (Å²) < 4.78 is 0. The maximum atomic E-state index is 10.7. The van der Waals surface area contributed by atoms with Crippen LogP contribution in [0, 0.1) is 0 Å². The van der Waals surface area contributed by atoms with E-state index in [4.69, 9.17) is 0 Å². The van der Waals surface area contributed by atoms with Crippen LogP contribution >= 0.6 is 0 Å². The van der Waals surface area contributed by atoms with Gasteiger partial charge in [0, 0.05) is 25.7 Å². The van der Waals surface area contributed by atoms with Gasteiger partial charge in [-0.25, -0.2) is 0 Å². The Labute approximate surface area is 104 Å². The molecule has 0 spiro atoms. The lowest BCUT2D eigenvalue weighted by molar-refractivity contribution is -0.118. The largest absolute Gasteiger partial charge is 0.383 e. The maximum Gasteiger partial charge on any atom is 0.216 e. The normalized spacial score (nSPS) is 11.1. The summed E-state index contributed by atoms with van der Waals surface area (Å²) in [4.78, 5) is 10.7. The predicted molar refractivity (Wildman–Crippen MR) is 72.3 cm³/mol. The van der Waals surface area contributed by atoms with Crippen LogP contribution < -0.4 is 10.6 Å². The van der Waals surface area contributed by atoms with Crippen LogP contribution in [-0.2, 0) is 10.2 Å². The molecule has 0 atom stereocenters. The van der Waals surface area contributed by atoms with Crippen LogP contribution in [0.5, 0.6) is 0 Å². The Morgan fingerprint density at radius 3 is 2.18 bits per heavy atom. The highest BCUT2D eigenvalue weighted by molar-refractivity contribution is 5.72. The highest BCUT2D eigenvalue weighted by Gasteiger charge is 2.12. The predicted octanol–water partition coefficient (Wildman–Crippen LogP) is 2.53. The number of hydrogen-bond acceptors (Lipinski definition) is 2. The first-order valence-corrected chi connectivity index (χ1v) is 5.98. The lowest BCUT2D eigenvalue weighted by Crippen LogP contribution is -2.26. The molecule has 0 aliphatic rings. The number of hydrogen-bond donors (Lipinski definition) is 2. The van der Waals surface area contributed by atoms with Gasteiger partial charge in [0.25, 0.3) is 0 Å². The molecule has 1 rings (SSSR count). The molecule has 3 heteroatoms. The van der Waals surface area contributed by atoms with Gasteiger partial charge in [0.2, 0.25) is 5.91 Å². The Morgan fingerprint density at radius 2 is 1.71 bits per heavy atom. The molecule has 0 heterocycles. The van der Waals surface area contributed by atoms with E-state index < -0.39 is 0 Å². The topological polar surface area (TPSA) is 41.1 Å². The van der Waals surface area contributed by atoms with Crippen molar-refractivity contribution < 1.29 is 4.79 Å². The third-order valence-corrected chi connectivity index (χ3v) is 2.58. The number of rotatable bonds is 4. The summed E-state index contributed by atoms with van der Waals surface area (Å²) in [6.07, 6.45) is 0. The van der Waals surface area contributed by atoms with E-state index in [1.165, 1.54) is 12.5 Å². The summed E-state index contributed by atoms with van der Waals surface area (Å²) in [5, 5.41) is 6.01. The molecule has 0 aromatic heterocycles. The smallest absolute Gasteiger partial charge is 0.216 e. The van der Waals surface area contributed by atoms with Crippen molar-refractivity contribution >= 4 is 11.6 Å². The third-order valence-electron chi connectivity index (χ3n) is 2.58. The Balaban J connectivity index is 2.43. The highest BCUT2D eigenvalue weighted by atomic mass is 16.1. The van der Waals surface area contributed by atoms with Crippen LogP contribution in [-0.4, -0.2) is 19.0 Å². The van der Waals surface area contributed by atoms with E-state index in [1.807, 2.05) is 0 Å². The minimum Gasteiger partial charge on any atom is -0.383 e. The molecule has 1 aromatic carbocycles. The third kappa shape index (κ3) is 4.89. The molecule has 0 fully saturated rings. The van der Waals surface area contributed by atoms with Gasteiger partial charge < -0.3 is 10.6 Å². The molecule has 0 saturated carbocycles. The Morgan fingerprint density at radius 1 is 1.12 bits per heavy atom. The zero-order valence-corrected chi connectivity index (χ0v) is 11.1. The minimum atomic E-state index is 0.00915. The Hall–Kier alpha value is -1.51. The molecule has 0 bridgehead atoms. The van der Waals surface area contributed by atoms with Gasteiger partial charge in [0.15, 0.2) is 0 Å². The molecule has 0 aliphatic carbocycles. The molecule has 1 aromatic rings. The molecule has 0 unspecified atom stereocenters. The van der Waals surface area contributed by atoms with Crippen LogP contribution in [0.4, 0.5) is 5.69 Å². The standard InChI is InChI=1S/C14H22N2O/c1-11(17)15-9-10-16-13-7-5-12(6-8-13)14(2,3)4/h5-8,16H,9-10H2,1-4H3,(H,15,17). The van der Waals surface area contributed by atoms with E-state index in [9.17, 15) is 4.79 Å². The quantitative estimate of drug-likeness (QED) is 0.786. The molecule has 17 heavy (non-hydrogen) atoms. The van der Waals surface area contributed by atoms with Gasteiger partial charge in [0.1, 0.15) is 0 Å². The second kappa shape index (κ2) is 5.71. The Bertz CT molecular complexity index is 363. The molecule has 2 N–H and O–H groups in total. The first-order chi connectivity index (χ1) is 7.89. The number of carbonyl (C=O) groups excluding carboxylic acids is 1. The summed E-state index contributed by atoms with van der Waals surface area (Å²) >= 11 is 0. The number of anilines is 1. The van der Waals surface area contributed by atoms with E-state index in [-0.39, 0.29) is 11.3 Å². The van der Waals surface area contributed by atoms with Crippen molar-refractivity contribution in [2.45, 2.75) is 33.1 Å². The SMILES string of the molecule is CC(=O)NCCNc1ccc(C(C)(C)C)cc1. The van der Waals surface area contributed by atoms with Crippen molar-refractivity contribution in [1.29, 1.82) is 0 Å². The second-order valence-corrected chi connectivity index (χ2v) is 5.24. The van der Waals surface area contributed by atoms with Crippen molar-refractivity contribution in [3.63, 3.8) is 0 Å². The van der Waals surface area contributed by atoms with E-state index in [0.29, 0.717) is 6.54 Å². The van der Waals surface area contributed by atoms with E-state index in [0.717, 1.165) is 12.2 Å². The highest BCUT2D eigenvalue weighted by Crippen LogP contribution is 2.23. The zero-order chi connectivity index (χ0) is 12.9. The number of benzene rings is 1. The van der Waals surface area contributed by atoms with Crippen molar-refractivity contribution in [1.82, 2.24) is 5.32 Å². The lowest BCUT2D eigenvalue weighted by Gasteiger charge is -2.19. The monoisotopic (exact) mass is 234 g/mol. The van der Waals surface area contributed by atoms with E-state index in [1.54, 1.807) is 0 Å². The molecular weight excluding hydrogens is 212 g/mol. The van der Waals surface area contributed by atoms with E-state index >= 15 is 0 Å². The fourth-order valence-corrected chi connectivity index (χ4v) is 1.53. The van der Waals surface area contributed by atoms with Crippen LogP contribution in [0.1, 0.15) is 33.3 Å². The van der Waals surface area contributed by atoms with Gasteiger partial charge >= 0.3 is 0 Å². The molecule has 0 radical (unpaired) electrons. The molecular formula is C14H22N2O. The molecule has 94 valence electrons. The van der Waals surface area contributed by atoms with Crippen molar-refractivity contribution in [3.05, 3.63) is 29.8 Å². The number of nitrogens with one attached hydrogen (secondary N) is 2. The maximum absolute atomic E-state index is 10.7. The van der Waals surface area contributed by atoms with Crippen LogP contribution in [0.25, 0.3) is 0 Å². The van der Waals surface area contributed by atoms with Crippen molar-refractivity contribution in [2.24, 2.45) is 0 Å². The average molecular weight is 234 g/mol. The fourth-order valence-electron chi connectivity index (χ4n) is 1.53. The number of carbonyl (C=O) groups is 1. The Kier molecular flexibility index (Phi) is 4.55. The van der Waals surface area contributed by atoms with Crippen LogP contribution in [0.2, 0.25) is 0 Å². The lowest BCUT2D eigenvalue weighted by atomic mass is 9.87. The van der Waals surface area contributed by atoms with Crippen molar-refractivity contribution in [3.8, 4) is 0 Å². The average Bonchev–Trinajstić information content (AvgIpc) is 2.23. The van der Waals surface area contributed by atoms with Gasteiger partial charge in [-0.3, -0.25) is 4.79 Å². The molecule has 0 aliphatic heterocycles. The van der Waals surface area contributed by atoms with Crippen LogP contribution in [0.15, 0.2) is 24.3 Å². The first kappa shape index (κ1) is 13.6. The molecule has 0 saturated heterocycles. The summed E-state index contributed by atoms with van der Waals surface area (Å²) in [5.74, 6) is 0.00915. The zero-order valence-electron chi connectivity index (χ0n) is 11.1. The summed E-state index contributed by atoms with van der Waals surface area (Å²) in [6, 6.07) is 8.43. The minimum absolute atomic E-state index is 0.00915. The number of amides is 1. The summed E-state index contributed by atoms with van der Waals surface area (Å²) in [5.41, 5.74) is 2.60. The van der Waals surface area contributed by atoms with Gasteiger partial charge in [0.05, 0.1) is 0 Å².